The van der Waals surface area contributed by atoms with E-state index >= 15 is 0 Å². The molecule has 1 unspecified atom stereocenters. The van der Waals surface area contributed by atoms with Crippen LogP contribution in [0.25, 0.3) is 0 Å². The molecule has 0 radical (unpaired) electrons. The van der Waals surface area contributed by atoms with Crippen LogP contribution in [0.4, 0.5) is 0 Å². The Morgan fingerprint density at radius 2 is 1.60 bits per heavy atom. The molecule has 0 saturated heterocycles. The Balaban J connectivity index is 1.91. The summed E-state index contributed by atoms with van der Waals surface area (Å²) in [5, 5.41) is 14.1. The highest BCUT2D eigenvalue weighted by Crippen LogP contribution is 2.19. The third-order valence-electron chi connectivity index (χ3n) is 3.24. The number of benzene rings is 2. The topological polar surface area (TPSA) is 32.3 Å². The summed E-state index contributed by atoms with van der Waals surface area (Å²) in [7, 11) is 0. The van der Waals surface area contributed by atoms with E-state index < -0.39 is 6.10 Å². The van der Waals surface area contributed by atoms with Crippen LogP contribution in [0.5, 0.6) is 0 Å². The SMILES string of the molecule is C[C@H](NCC(O)c1ccc(Cl)cc1)c1ccc(Br)cc1. The first-order valence-electron chi connectivity index (χ1n) is 6.48. The molecule has 0 aliphatic carbocycles. The van der Waals surface area contributed by atoms with Crippen molar-refractivity contribution in [3.63, 3.8) is 0 Å². The molecule has 2 aromatic rings. The lowest BCUT2D eigenvalue weighted by Crippen LogP contribution is -2.24. The van der Waals surface area contributed by atoms with Gasteiger partial charge in [-0.3, -0.25) is 0 Å². The van der Waals surface area contributed by atoms with Crippen molar-refractivity contribution < 1.29 is 5.11 Å². The number of aliphatic hydroxyl groups excluding tert-OH is 1. The van der Waals surface area contributed by atoms with E-state index in [9.17, 15) is 5.11 Å². The lowest BCUT2D eigenvalue weighted by atomic mass is 10.1. The molecule has 0 bridgehead atoms. The molecule has 0 saturated carbocycles. The van der Waals surface area contributed by atoms with E-state index in [0.29, 0.717) is 11.6 Å². The van der Waals surface area contributed by atoms with E-state index in [-0.39, 0.29) is 6.04 Å². The molecule has 2 N–H and O–H groups in total. The van der Waals surface area contributed by atoms with E-state index in [1.165, 1.54) is 5.56 Å². The Kier molecular flexibility index (Phi) is 5.61. The molecule has 0 aliphatic rings. The minimum Gasteiger partial charge on any atom is -0.387 e. The lowest BCUT2D eigenvalue weighted by Gasteiger charge is -2.18. The van der Waals surface area contributed by atoms with Crippen LogP contribution in [-0.4, -0.2) is 11.7 Å². The van der Waals surface area contributed by atoms with Crippen LogP contribution in [0, 0.1) is 0 Å². The molecule has 106 valence electrons. The third-order valence-corrected chi connectivity index (χ3v) is 4.02. The van der Waals surface area contributed by atoms with Gasteiger partial charge in [0.2, 0.25) is 0 Å². The highest BCUT2D eigenvalue weighted by Gasteiger charge is 2.10. The predicted molar refractivity (Wildman–Crippen MR) is 87.0 cm³/mol. The van der Waals surface area contributed by atoms with Gasteiger partial charge in [-0.05, 0) is 42.3 Å². The molecule has 2 nitrogen and oxygen atoms in total. The summed E-state index contributed by atoms with van der Waals surface area (Å²) in [6.45, 7) is 2.58. The van der Waals surface area contributed by atoms with Crippen LogP contribution in [0.3, 0.4) is 0 Å². The first-order chi connectivity index (χ1) is 9.56. The van der Waals surface area contributed by atoms with Gasteiger partial charge >= 0.3 is 0 Å². The Bertz CT molecular complexity index is 490. The molecule has 0 aliphatic heterocycles. The van der Waals surface area contributed by atoms with Gasteiger partial charge in [0.15, 0.2) is 0 Å². The van der Waals surface area contributed by atoms with Crippen molar-refractivity contribution in [3.8, 4) is 0 Å². The monoisotopic (exact) mass is 353 g/mol. The first kappa shape index (κ1) is 15.5. The molecule has 20 heavy (non-hydrogen) atoms. The standard InChI is InChI=1S/C16H17BrClNO/c1-11(12-2-6-14(17)7-3-12)19-10-16(20)13-4-8-15(18)9-5-13/h2-9,11,16,19-20H,10H2,1H3/t11-,16?/m0/s1. The van der Waals surface area contributed by atoms with E-state index in [2.05, 4.69) is 40.3 Å². The van der Waals surface area contributed by atoms with E-state index in [0.717, 1.165) is 10.0 Å². The average Bonchev–Trinajstić information content (AvgIpc) is 2.46. The Morgan fingerprint density at radius 1 is 1.05 bits per heavy atom. The largest absolute Gasteiger partial charge is 0.387 e. The molecule has 2 rings (SSSR count). The minimum atomic E-state index is -0.537. The summed E-state index contributed by atoms with van der Waals surface area (Å²) in [6, 6.07) is 15.6. The number of halogens is 2. The van der Waals surface area contributed by atoms with E-state index in [4.69, 9.17) is 11.6 Å². The summed E-state index contributed by atoms with van der Waals surface area (Å²) in [5.74, 6) is 0. The van der Waals surface area contributed by atoms with Gasteiger partial charge in [-0.2, -0.15) is 0 Å². The fourth-order valence-corrected chi connectivity index (χ4v) is 2.35. The smallest absolute Gasteiger partial charge is 0.0914 e. The maximum absolute atomic E-state index is 10.1. The second kappa shape index (κ2) is 7.23. The average molecular weight is 355 g/mol. The highest BCUT2D eigenvalue weighted by atomic mass is 79.9. The quantitative estimate of drug-likeness (QED) is 0.829. The summed E-state index contributed by atoms with van der Waals surface area (Å²) in [6.07, 6.45) is -0.537. The fourth-order valence-electron chi connectivity index (χ4n) is 1.96. The maximum Gasteiger partial charge on any atom is 0.0914 e. The van der Waals surface area contributed by atoms with E-state index in [1.54, 1.807) is 12.1 Å². The van der Waals surface area contributed by atoms with Crippen molar-refractivity contribution in [2.75, 3.05) is 6.54 Å². The molecular formula is C16H17BrClNO. The van der Waals surface area contributed by atoms with Crippen molar-refractivity contribution >= 4 is 27.5 Å². The molecular weight excluding hydrogens is 338 g/mol. The summed E-state index contributed by atoms with van der Waals surface area (Å²) in [5.41, 5.74) is 2.06. The van der Waals surface area contributed by atoms with Crippen molar-refractivity contribution in [2.24, 2.45) is 0 Å². The second-order valence-electron chi connectivity index (χ2n) is 4.75. The zero-order chi connectivity index (χ0) is 14.5. The Hall–Kier alpha value is -0.870. The molecule has 0 aromatic heterocycles. The number of nitrogens with one attached hydrogen (secondary N) is 1. The lowest BCUT2D eigenvalue weighted by molar-refractivity contribution is 0.171. The van der Waals surface area contributed by atoms with Gasteiger partial charge in [-0.15, -0.1) is 0 Å². The number of aliphatic hydroxyl groups is 1. The van der Waals surface area contributed by atoms with Crippen LogP contribution in [-0.2, 0) is 0 Å². The van der Waals surface area contributed by atoms with Gasteiger partial charge in [0.05, 0.1) is 6.10 Å². The van der Waals surface area contributed by atoms with Crippen LogP contribution < -0.4 is 5.32 Å². The summed E-state index contributed by atoms with van der Waals surface area (Å²) >= 11 is 9.26. The number of hydrogen-bond acceptors (Lipinski definition) is 2. The van der Waals surface area contributed by atoms with Gasteiger partial charge in [0, 0.05) is 22.1 Å². The van der Waals surface area contributed by atoms with Crippen LogP contribution in [0.2, 0.25) is 5.02 Å². The first-order valence-corrected chi connectivity index (χ1v) is 7.66. The summed E-state index contributed by atoms with van der Waals surface area (Å²) < 4.78 is 1.06. The van der Waals surface area contributed by atoms with E-state index in [1.807, 2.05) is 24.3 Å². The molecule has 4 heteroatoms. The molecule has 2 atom stereocenters. The van der Waals surface area contributed by atoms with Gasteiger partial charge in [0.1, 0.15) is 0 Å². The maximum atomic E-state index is 10.1. The van der Waals surface area contributed by atoms with Crippen molar-refractivity contribution in [3.05, 3.63) is 69.2 Å². The Labute approximate surface area is 132 Å². The predicted octanol–water partition coefficient (Wildman–Crippen LogP) is 4.49. The molecule has 0 amide bonds. The van der Waals surface area contributed by atoms with Crippen molar-refractivity contribution in [2.45, 2.75) is 19.1 Å². The third kappa shape index (κ3) is 4.32. The zero-order valence-electron chi connectivity index (χ0n) is 11.2. The molecule has 0 spiro atoms. The van der Waals surface area contributed by atoms with Crippen LogP contribution in [0.15, 0.2) is 53.0 Å². The number of hydrogen-bond donors (Lipinski definition) is 2. The molecule has 0 heterocycles. The van der Waals surface area contributed by atoms with Gasteiger partial charge in [-0.25, -0.2) is 0 Å². The molecule has 2 aromatic carbocycles. The second-order valence-corrected chi connectivity index (χ2v) is 6.10. The van der Waals surface area contributed by atoms with Gasteiger partial charge < -0.3 is 10.4 Å². The highest BCUT2D eigenvalue weighted by molar-refractivity contribution is 9.10. The Morgan fingerprint density at radius 3 is 2.20 bits per heavy atom. The fraction of sp³-hybridized carbons (Fsp3) is 0.250. The van der Waals surface area contributed by atoms with Gasteiger partial charge in [-0.1, -0.05) is 51.8 Å². The van der Waals surface area contributed by atoms with Crippen molar-refractivity contribution in [1.29, 1.82) is 0 Å². The zero-order valence-corrected chi connectivity index (χ0v) is 13.5. The summed E-state index contributed by atoms with van der Waals surface area (Å²) in [4.78, 5) is 0. The normalized spacial score (nSPS) is 14.0. The minimum absolute atomic E-state index is 0.185. The van der Waals surface area contributed by atoms with Gasteiger partial charge in [0.25, 0.3) is 0 Å². The number of rotatable bonds is 5. The van der Waals surface area contributed by atoms with Crippen molar-refractivity contribution in [1.82, 2.24) is 5.32 Å². The van der Waals surface area contributed by atoms with Crippen LogP contribution >= 0.6 is 27.5 Å². The molecule has 0 fully saturated rings. The van der Waals surface area contributed by atoms with Crippen LogP contribution in [0.1, 0.15) is 30.2 Å².